The number of aryl methyl sites for hydroxylation is 1. The maximum absolute atomic E-state index is 5.28. The predicted octanol–water partition coefficient (Wildman–Crippen LogP) is 1.79. The van der Waals surface area contributed by atoms with Crippen LogP contribution in [0.2, 0.25) is 0 Å². The lowest BCUT2D eigenvalue weighted by Gasteiger charge is -2.01. The highest BCUT2D eigenvalue weighted by atomic mass is 16.3. The van der Waals surface area contributed by atoms with Gasteiger partial charge in [0, 0.05) is 19.3 Å². The Kier molecular flexibility index (Phi) is 2.73. The standard InChI is InChI=1S/C13H17N3O/c1-16-13-6-2-5-11(13)12(15-16)9-14-8-10-4-3-7-17-10/h3-4,7,14H,2,5-6,8-9H2,1H3. The topological polar surface area (TPSA) is 43.0 Å². The fraction of sp³-hybridized carbons (Fsp3) is 0.462. The van der Waals surface area contributed by atoms with Crippen LogP contribution in [-0.2, 0) is 33.0 Å². The SMILES string of the molecule is Cn1nc(CNCc2ccco2)c2c1CCC2. The predicted molar refractivity (Wildman–Crippen MR) is 64.5 cm³/mol. The van der Waals surface area contributed by atoms with Crippen molar-refractivity contribution in [2.45, 2.75) is 32.4 Å². The van der Waals surface area contributed by atoms with Crippen LogP contribution < -0.4 is 5.32 Å². The molecule has 0 amide bonds. The molecule has 0 aliphatic heterocycles. The summed E-state index contributed by atoms with van der Waals surface area (Å²) in [5, 5.41) is 7.95. The van der Waals surface area contributed by atoms with E-state index in [0.717, 1.165) is 18.8 Å². The lowest BCUT2D eigenvalue weighted by atomic mass is 10.2. The second-order valence-electron chi connectivity index (χ2n) is 4.53. The largest absolute Gasteiger partial charge is 0.468 e. The van der Waals surface area contributed by atoms with E-state index in [1.807, 2.05) is 23.9 Å². The van der Waals surface area contributed by atoms with E-state index < -0.39 is 0 Å². The zero-order valence-electron chi connectivity index (χ0n) is 10.1. The van der Waals surface area contributed by atoms with Gasteiger partial charge in [0.15, 0.2) is 0 Å². The smallest absolute Gasteiger partial charge is 0.117 e. The maximum Gasteiger partial charge on any atom is 0.117 e. The van der Waals surface area contributed by atoms with E-state index in [9.17, 15) is 0 Å². The highest BCUT2D eigenvalue weighted by molar-refractivity contribution is 5.30. The van der Waals surface area contributed by atoms with Crippen molar-refractivity contribution in [1.82, 2.24) is 15.1 Å². The highest BCUT2D eigenvalue weighted by Gasteiger charge is 2.20. The molecule has 0 spiro atoms. The first-order valence-corrected chi connectivity index (χ1v) is 6.11. The van der Waals surface area contributed by atoms with Gasteiger partial charge in [0.05, 0.1) is 18.5 Å². The van der Waals surface area contributed by atoms with Gasteiger partial charge in [-0.05, 0) is 37.0 Å². The van der Waals surface area contributed by atoms with Gasteiger partial charge in [-0.3, -0.25) is 4.68 Å². The molecule has 17 heavy (non-hydrogen) atoms. The first-order valence-electron chi connectivity index (χ1n) is 6.11. The fourth-order valence-electron chi connectivity index (χ4n) is 2.56. The molecular formula is C13H17N3O. The van der Waals surface area contributed by atoms with Crippen molar-refractivity contribution in [2.75, 3.05) is 0 Å². The number of aromatic nitrogens is 2. The van der Waals surface area contributed by atoms with Crippen molar-refractivity contribution in [3.05, 3.63) is 41.1 Å². The summed E-state index contributed by atoms with van der Waals surface area (Å²) in [5.74, 6) is 0.970. The minimum Gasteiger partial charge on any atom is -0.468 e. The van der Waals surface area contributed by atoms with Gasteiger partial charge in [-0.1, -0.05) is 0 Å². The van der Waals surface area contributed by atoms with E-state index >= 15 is 0 Å². The van der Waals surface area contributed by atoms with Gasteiger partial charge in [-0.15, -0.1) is 0 Å². The Morgan fingerprint density at radius 1 is 1.41 bits per heavy atom. The van der Waals surface area contributed by atoms with Crippen molar-refractivity contribution in [1.29, 1.82) is 0 Å². The van der Waals surface area contributed by atoms with Gasteiger partial charge in [-0.25, -0.2) is 0 Å². The Labute approximate surface area is 101 Å². The van der Waals surface area contributed by atoms with Gasteiger partial charge in [0.25, 0.3) is 0 Å². The minimum absolute atomic E-state index is 0.762. The third-order valence-electron chi connectivity index (χ3n) is 3.37. The molecular weight excluding hydrogens is 214 g/mol. The monoisotopic (exact) mass is 231 g/mol. The van der Waals surface area contributed by atoms with Crippen molar-refractivity contribution in [2.24, 2.45) is 7.05 Å². The highest BCUT2D eigenvalue weighted by Crippen LogP contribution is 2.24. The molecule has 0 saturated carbocycles. The molecule has 1 aliphatic carbocycles. The van der Waals surface area contributed by atoms with Crippen LogP contribution in [-0.4, -0.2) is 9.78 Å². The zero-order valence-corrected chi connectivity index (χ0v) is 10.1. The molecule has 4 heteroatoms. The van der Waals surface area contributed by atoms with E-state index in [-0.39, 0.29) is 0 Å². The molecule has 1 N–H and O–H groups in total. The van der Waals surface area contributed by atoms with Crippen LogP contribution in [0.5, 0.6) is 0 Å². The number of rotatable bonds is 4. The van der Waals surface area contributed by atoms with Gasteiger partial charge >= 0.3 is 0 Å². The maximum atomic E-state index is 5.28. The summed E-state index contributed by atoms with van der Waals surface area (Å²) in [5.41, 5.74) is 4.07. The second kappa shape index (κ2) is 4.37. The molecule has 3 rings (SSSR count). The third kappa shape index (κ3) is 2.00. The van der Waals surface area contributed by atoms with Gasteiger partial charge in [0.1, 0.15) is 5.76 Å². The molecule has 0 unspecified atom stereocenters. The average molecular weight is 231 g/mol. The number of fused-ring (bicyclic) bond motifs is 1. The van der Waals surface area contributed by atoms with Crippen LogP contribution in [0.25, 0.3) is 0 Å². The summed E-state index contributed by atoms with van der Waals surface area (Å²) in [7, 11) is 2.04. The number of hydrogen-bond donors (Lipinski definition) is 1. The van der Waals surface area contributed by atoms with Gasteiger partial charge in [-0.2, -0.15) is 5.10 Å². The Hall–Kier alpha value is -1.55. The average Bonchev–Trinajstić information content (AvgIpc) is 3.01. The Morgan fingerprint density at radius 2 is 2.35 bits per heavy atom. The van der Waals surface area contributed by atoms with Crippen molar-refractivity contribution >= 4 is 0 Å². The first-order chi connectivity index (χ1) is 8.34. The van der Waals surface area contributed by atoms with Crippen LogP contribution in [0.3, 0.4) is 0 Å². The summed E-state index contributed by atoms with van der Waals surface area (Å²) >= 11 is 0. The summed E-state index contributed by atoms with van der Waals surface area (Å²) in [6.45, 7) is 1.59. The molecule has 0 aromatic carbocycles. The van der Waals surface area contributed by atoms with Crippen LogP contribution in [0.4, 0.5) is 0 Å². The molecule has 2 aromatic rings. The van der Waals surface area contributed by atoms with Crippen LogP contribution in [0.15, 0.2) is 22.8 Å². The summed E-state index contributed by atoms with van der Waals surface area (Å²) in [6, 6.07) is 3.89. The van der Waals surface area contributed by atoms with E-state index in [0.29, 0.717) is 0 Å². The van der Waals surface area contributed by atoms with E-state index in [1.165, 1.54) is 36.2 Å². The third-order valence-corrected chi connectivity index (χ3v) is 3.37. The molecule has 90 valence electrons. The fourth-order valence-corrected chi connectivity index (χ4v) is 2.56. The zero-order chi connectivity index (χ0) is 11.7. The van der Waals surface area contributed by atoms with Gasteiger partial charge < -0.3 is 9.73 Å². The number of hydrogen-bond acceptors (Lipinski definition) is 3. The Balaban J connectivity index is 1.64. The molecule has 0 saturated heterocycles. The van der Waals surface area contributed by atoms with Gasteiger partial charge in [0.2, 0.25) is 0 Å². The lowest BCUT2D eigenvalue weighted by molar-refractivity contribution is 0.480. The molecule has 0 bridgehead atoms. The molecule has 2 aromatic heterocycles. The second-order valence-corrected chi connectivity index (χ2v) is 4.53. The minimum atomic E-state index is 0.762. The Morgan fingerprint density at radius 3 is 3.18 bits per heavy atom. The van der Waals surface area contributed by atoms with E-state index in [4.69, 9.17) is 4.42 Å². The summed E-state index contributed by atoms with van der Waals surface area (Å²) in [4.78, 5) is 0. The quantitative estimate of drug-likeness (QED) is 0.872. The summed E-state index contributed by atoms with van der Waals surface area (Å²) in [6.07, 6.45) is 5.33. The normalized spacial score (nSPS) is 14.2. The number of furan rings is 1. The summed E-state index contributed by atoms with van der Waals surface area (Å²) < 4.78 is 7.32. The molecule has 0 atom stereocenters. The van der Waals surface area contributed by atoms with Crippen LogP contribution in [0, 0.1) is 0 Å². The number of nitrogens with one attached hydrogen (secondary N) is 1. The lowest BCUT2D eigenvalue weighted by Crippen LogP contribution is -2.13. The molecule has 4 nitrogen and oxygen atoms in total. The molecule has 0 radical (unpaired) electrons. The van der Waals surface area contributed by atoms with Crippen molar-refractivity contribution in [3.8, 4) is 0 Å². The van der Waals surface area contributed by atoms with Crippen LogP contribution in [0.1, 0.15) is 29.1 Å². The molecule has 2 heterocycles. The van der Waals surface area contributed by atoms with Crippen LogP contribution >= 0.6 is 0 Å². The Bertz CT molecular complexity index is 499. The first kappa shape index (κ1) is 10.6. The number of nitrogens with zero attached hydrogens (tertiary/aromatic N) is 2. The van der Waals surface area contributed by atoms with E-state index in [2.05, 4.69) is 10.4 Å². The van der Waals surface area contributed by atoms with Crippen molar-refractivity contribution < 1.29 is 4.42 Å². The molecule has 0 fully saturated rings. The molecule has 1 aliphatic rings. The van der Waals surface area contributed by atoms with E-state index in [1.54, 1.807) is 6.26 Å². The van der Waals surface area contributed by atoms with Crippen molar-refractivity contribution in [3.63, 3.8) is 0 Å².